The highest BCUT2D eigenvalue weighted by molar-refractivity contribution is 9.10. The Morgan fingerprint density at radius 1 is 1.54 bits per heavy atom. The monoisotopic (exact) mass is 238 g/mol. The first-order valence-electron chi connectivity index (χ1n) is 4.08. The van der Waals surface area contributed by atoms with Crippen LogP contribution in [0.4, 0.5) is 0 Å². The largest absolute Gasteiger partial charge is 0.312 e. The van der Waals surface area contributed by atoms with Gasteiger partial charge in [-0.2, -0.15) is 5.26 Å². The second kappa shape index (κ2) is 5.00. The van der Waals surface area contributed by atoms with Gasteiger partial charge in [-0.25, -0.2) is 0 Å². The highest BCUT2D eigenvalue weighted by Gasteiger charge is 2.10. The fourth-order valence-electron chi connectivity index (χ4n) is 1.22. The number of hydrogen-bond donors (Lipinski definition) is 1. The molecule has 1 aromatic rings. The van der Waals surface area contributed by atoms with Crippen LogP contribution in [0, 0.1) is 11.3 Å². The van der Waals surface area contributed by atoms with E-state index in [1.54, 1.807) is 0 Å². The molecule has 0 fully saturated rings. The van der Waals surface area contributed by atoms with Crippen LogP contribution in [0.25, 0.3) is 0 Å². The summed E-state index contributed by atoms with van der Waals surface area (Å²) in [5.41, 5.74) is 1.13. The lowest BCUT2D eigenvalue weighted by Gasteiger charge is -2.14. The third-order valence-corrected chi connectivity index (χ3v) is 2.65. The summed E-state index contributed by atoms with van der Waals surface area (Å²) >= 11 is 3.46. The van der Waals surface area contributed by atoms with Gasteiger partial charge in [0.2, 0.25) is 0 Å². The van der Waals surface area contributed by atoms with Crippen molar-refractivity contribution in [2.45, 2.75) is 12.5 Å². The van der Waals surface area contributed by atoms with Crippen LogP contribution >= 0.6 is 15.9 Å². The molecule has 1 aromatic carbocycles. The zero-order valence-electron chi connectivity index (χ0n) is 7.42. The predicted molar refractivity (Wildman–Crippen MR) is 56.2 cm³/mol. The summed E-state index contributed by atoms with van der Waals surface area (Å²) in [7, 11) is 1.86. The summed E-state index contributed by atoms with van der Waals surface area (Å²) in [4.78, 5) is 0. The Morgan fingerprint density at radius 3 is 2.77 bits per heavy atom. The Balaban J connectivity index is 2.92. The average molecular weight is 239 g/mol. The molecule has 0 spiro atoms. The minimum absolute atomic E-state index is 0.112. The Labute approximate surface area is 86.7 Å². The van der Waals surface area contributed by atoms with Crippen LogP contribution < -0.4 is 5.32 Å². The molecule has 0 radical (unpaired) electrons. The molecule has 0 aliphatic heterocycles. The van der Waals surface area contributed by atoms with E-state index < -0.39 is 0 Å². The Morgan fingerprint density at radius 2 is 2.23 bits per heavy atom. The molecule has 0 saturated heterocycles. The molecular formula is C10H11BrN2. The predicted octanol–water partition coefficient (Wildman–Crippen LogP) is 2.62. The molecule has 13 heavy (non-hydrogen) atoms. The quantitative estimate of drug-likeness (QED) is 0.879. The minimum Gasteiger partial charge on any atom is -0.312 e. The number of nitrogens with one attached hydrogen (secondary N) is 1. The first-order chi connectivity index (χ1) is 6.29. The molecule has 0 aliphatic rings. The van der Waals surface area contributed by atoms with Gasteiger partial charge in [-0.15, -0.1) is 0 Å². The van der Waals surface area contributed by atoms with Gasteiger partial charge >= 0.3 is 0 Å². The first-order valence-corrected chi connectivity index (χ1v) is 4.87. The van der Waals surface area contributed by atoms with Gasteiger partial charge in [0.25, 0.3) is 0 Å². The molecule has 0 amide bonds. The maximum Gasteiger partial charge on any atom is 0.0641 e. The number of rotatable bonds is 3. The van der Waals surface area contributed by atoms with Crippen molar-refractivity contribution in [2.24, 2.45) is 0 Å². The van der Waals surface area contributed by atoms with Crippen molar-refractivity contribution >= 4 is 15.9 Å². The second-order valence-corrected chi connectivity index (χ2v) is 3.58. The zero-order chi connectivity index (χ0) is 9.68. The van der Waals surface area contributed by atoms with Crippen LogP contribution in [0.15, 0.2) is 28.7 Å². The number of halogens is 1. The molecular weight excluding hydrogens is 228 g/mol. The van der Waals surface area contributed by atoms with Crippen molar-refractivity contribution in [2.75, 3.05) is 7.05 Å². The smallest absolute Gasteiger partial charge is 0.0641 e. The molecule has 0 saturated carbocycles. The highest BCUT2D eigenvalue weighted by atomic mass is 79.9. The van der Waals surface area contributed by atoms with E-state index in [0.29, 0.717) is 6.42 Å². The van der Waals surface area contributed by atoms with Gasteiger partial charge in [-0.05, 0) is 18.7 Å². The maximum atomic E-state index is 8.61. The van der Waals surface area contributed by atoms with Crippen molar-refractivity contribution < 1.29 is 0 Å². The number of hydrogen-bond acceptors (Lipinski definition) is 2. The van der Waals surface area contributed by atoms with Crippen LogP contribution in [-0.2, 0) is 0 Å². The molecule has 0 heterocycles. The van der Waals surface area contributed by atoms with Crippen LogP contribution in [0.5, 0.6) is 0 Å². The normalized spacial score (nSPS) is 12.1. The van der Waals surface area contributed by atoms with Gasteiger partial charge in [0.15, 0.2) is 0 Å². The van der Waals surface area contributed by atoms with Crippen LogP contribution in [0.3, 0.4) is 0 Å². The van der Waals surface area contributed by atoms with E-state index in [4.69, 9.17) is 5.26 Å². The molecule has 1 unspecified atom stereocenters. The third-order valence-electron chi connectivity index (χ3n) is 1.92. The van der Waals surface area contributed by atoms with E-state index in [0.717, 1.165) is 10.0 Å². The lowest BCUT2D eigenvalue weighted by molar-refractivity contribution is 0.606. The van der Waals surface area contributed by atoms with Gasteiger partial charge in [0, 0.05) is 10.5 Å². The molecule has 0 aromatic heterocycles. The fourth-order valence-corrected chi connectivity index (χ4v) is 1.78. The Bertz CT molecular complexity index is 317. The van der Waals surface area contributed by atoms with Crippen LogP contribution in [0.1, 0.15) is 18.0 Å². The SMILES string of the molecule is CNC(CC#N)c1ccccc1Br. The number of nitriles is 1. The molecule has 0 aliphatic carbocycles. The number of nitrogens with zero attached hydrogens (tertiary/aromatic N) is 1. The molecule has 1 N–H and O–H groups in total. The summed E-state index contributed by atoms with van der Waals surface area (Å²) in [6.45, 7) is 0. The van der Waals surface area contributed by atoms with E-state index in [-0.39, 0.29) is 6.04 Å². The van der Waals surface area contributed by atoms with Crippen molar-refractivity contribution in [3.05, 3.63) is 34.3 Å². The van der Waals surface area contributed by atoms with Gasteiger partial charge in [-0.3, -0.25) is 0 Å². The van der Waals surface area contributed by atoms with Gasteiger partial charge in [0.05, 0.1) is 12.5 Å². The summed E-state index contributed by atoms with van der Waals surface area (Å²) in [6, 6.07) is 10.2. The van der Waals surface area contributed by atoms with Crippen molar-refractivity contribution in [1.29, 1.82) is 5.26 Å². The molecule has 3 heteroatoms. The van der Waals surface area contributed by atoms with Crippen LogP contribution in [-0.4, -0.2) is 7.05 Å². The standard InChI is InChI=1S/C10H11BrN2/c1-13-10(6-7-12)8-4-2-3-5-9(8)11/h2-5,10,13H,6H2,1H3. The minimum atomic E-state index is 0.112. The van der Waals surface area contributed by atoms with E-state index in [2.05, 4.69) is 27.3 Å². The van der Waals surface area contributed by atoms with E-state index in [1.165, 1.54) is 0 Å². The fraction of sp³-hybridized carbons (Fsp3) is 0.300. The third kappa shape index (κ3) is 2.55. The molecule has 1 atom stereocenters. The zero-order valence-corrected chi connectivity index (χ0v) is 9.01. The summed E-state index contributed by atoms with van der Waals surface area (Å²) in [5.74, 6) is 0. The van der Waals surface area contributed by atoms with Gasteiger partial charge in [-0.1, -0.05) is 34.1 Å². The van der Waals surface area contributed by atoms with E-state index in [1.807, 2.05) is 31.3 Å². The van der Waals surface area contributed by atoms with Crippen molar-refractivity contribution in [3.8, 4) is 6.07 Å². The average Bonchev–Trinajstić information content (AvgIpc) is 2.16. The molecule has 2 nitrogen and oxygen atoms in total. The molecule has 1 rings (SSSR count). The maximum absolute atomic E-state index is 8.61. The summed E-state index contributed by atoms with van der Waals surface area (Å²) < 4.78 is 1.05. The number of benzene rings is 1. The lowest BCUT2D eigenvalue weighted by atomic mass is 10.1. The summed E-state index contributed by atoms with van der Waals surface area (Å²) in [6.07, 6.45) is 0.485. The van der Waals surface area contributed by atoms with Crippen molar-refractivity contribution in [1.82, 2.24) is 5.32 Å². The summed E-state index contributed by atoms with van der Waals surface area (Å²) in [5, 5.41) is 11.7. The highest BCUT2D eigenvalue weighted by Crippen LogP contribution is 2.24. The molecule has 0 bridgehead atoms. The van der Waals surface area contributed by atoms with Crippen molar-refractivity contribution in [3.63, 3.8) is 0 Å². The van der Waals surface area contributed by atoms with Gasteiger partial charge < -0.3 is 5.32 Å². The second-order valence-electron chi connectivity index (χ2n) is 2.73. The van der Waals surface area contributed by atoms with E-state index >= 15 is 0 Å². The first kappa shape index (κ1) is 10.2. The Hall–Kier alpha value is -0.850. The van der Waals surface area contributed by atoms with Gasteiger partial charge in [0.1, 0.15) is 0 Å². The lowest BCUT2D eigenvalue weighted by Crippen LogP contribution is -2.15. The van der Waals surface area contributed by atoms with E-state index in [9.17, 15) is 0 Å². The molecule has 68 valence electrons. The topological polar surface area (TPSA) is 35.8 Å². The Kier molecular flexibility index (Phi) is 3.94. The van der Waals surface area contributed by atoms with Crippen LogP contribution in [0.2, 0.25) is 0 Å².